The van der Waals surface area contributed by atoms with Crippen molar-refractivity contribution in [1.82, 2.24) is 0 Å². The molecule has 0 spiro atoms. The predicted octanol–water partition coefficient (Wildman–Crippen LogP) is 2.34. The Morgan fingerprint density at radius 1 is 1.15 bits per heavy atom. The molecule has 1 amide bonds. The molecule has 4 heteroatoms. The van der Waals surface area contributed by atoms with Crippen molar-refractivity contribution >= 4 is 11.6 Å². The molecular weight excluding hydrogens is 252 g/mol. The fraction of sp³-hybridized carbons (Fsp3) is 0.188. The van der Waals surface area contributed by atoms with Crippen LogP contribution in [0.5, 0.6) is 5.75 Å². The molecule has 104 valence electrons. The van der Waals surface area contributed by atoms with Crippen LogP contribution in [0.1, 0.15) is 11.1 Å². The fourth-order valence-corrected chi connectivity index (χ4v) is 1.94. The van der Waals surface area contributed by atoms with Crippen molar-refractivity contribution in [3.05, 3.63) is 59.7 Å². The van der Waals surface area contributed by atoms with Crippen LogP contribution in [0.15, 0.2) is 48.5 Å². The molecule has 0 aliphatic heterocycles. The molecule has 2 rings (SSSR count). The van der Waals surface area contributed by atoms with Crippen LogP contribution in [-0.4, -0.2) is 13.0 Å². The molecule has 0 saturated heterocycles. The number of ether oxygens (including phenoxy) is 1. The number of nitrogens with one attached hydrogen (secondary N) is 1. The summed E-state index contributed by atoms with van der Waals surface area (Å²) in [5.41, 5.74) is 8.28. The van der Waals surface area contributed by atoms with Crippen LogP contribution in [0.25, 0.3) is 0 Å². The van der Waals surface area contributed by atoms with Crippen molar-refractivity contribution in [3.63, 3.8) is 0 Å². The van der Waals surface area contributed by atoms with Crippen molar-refractivity contribution in [1.29, 1.82) is 0 Å². The van der Waals surface area contributed by atoms with Crippen LogP contribution in [0.4, 0.5) is 5.69 Å². The average Bonchev–Trinajstić information content (AvgIpc) is 2.48. The zero-order valence-corrected chi connectivity index (χ0v) is 11.4. The molecule has 0 radical (unpaired) electrons. The monoisotopic (exact) mass is 270 g/mol. The van der Waals surface area contributed by atoms with Gasteiger partial charge in [-0.1, -0.05) is 30.3 Å². The van der Waals surface area contributed by atoms with Gasteiger partial charge < -0.3 is 15.8 Å². The largest absolute Gasteiger partial charge is 0.497 e. The van der Waals surface area contributed by atoms with E-state index in [2.05, 4.69) is 5.32 Å². The Kier molecular flexibility index (Phi) is 4.74. The third-order valence-corrected chi connectivity index (χ3v) is 3.04. The van der Waals surface area contributed by atoms with Gasteiger partial charge in [0.1, 0.15) is 5.75 Å². The minimum atomic E-state index is -0.0592. The Morgan fingerprint density at radius 3 is 2.50 bits per heavy atom. The molecule has 0 bridgehead atoms. The van der Waals surface area contributed by atoms with Gasteiger partial charge in [-0.3, -0.25) is 4.79 Å². The fourth-order valence-electron chi connectivity index (χ4n) is 1.94. The summed E-state index contributed by atoms with van der Waals surface area (Å²) < 4.78 is 5.09. The van der Waals surface area contributed by atoms with Crippen molar-refractivity contribution < 1.29 is 9.53 Å². The molecule has 2 aromatic rings. The van der Waals surface area contributed by atoms with Crippen molar-refractivity contribution in [2.75, 3.05) is 12.4 Å². The molecule has 2 aromatic carbocycles. The van der Waals surface area contributed by atoms with E-state index in [4.69, 9.17) is 10.5 Å². The SMILES string of the molecule is COc1ccc(CC(=O)Nc2ccccc2CN)cc1. The molecule has 0 aliphatic rings. The highest BCUT2D eigenvalue weighted by atomic mass is 16.5. The maximum absolute atomic E-state index is 12.0. The van der Waals surface area contributed by atoms with Gasteiger partial charge in [0.2, 0.25) is 5.91 Å². The molecule has 0 unspecified atom stereocenters. The molecule has 0 saturated carbocycles. The van der Waals surface area contributed by atoms with E-state index in [1.54, 1.807) is 7.11 Å². The number of amides is 1. The standard InChI is InChI=1S/C16H18N2O2/c1-20-14-8-6-12(7-9-14)10-16(19)18-15-5-3-2-4-13(15)11-17/h2-9H,10-11,17H2,1H3,(H,18,19). The second kappa shape index (κ2) is 6.73. The highest BCUT2D eigenvalue weighted by Gasteiger charge is 2.06. The van der Waals surface area contributed by atoms with E-state index in [0.29, 0.717) is 13.0 Å². The van der Waals surface area contributed by atoms with E-state index >= 15 is 0 Å². The summed E-state index contributed by atoms with van der Waals surface area (Å²) in [6.07, 6.45) is 0.322. The van der Waals surface area contributed by atoms with Gasteiger partial charge in [-0.15, -0.1) is 0 Å². The number of rotatable bonds is 5. The Hall–Kier alpha value is -2.33. The molecule has 4 nitrogen and oxygen atoms in total. The first-order valence-electron chi connectivity index (χ1n) is 6.43. The third-order valence-electron chi connectivity index (χ3n) is 3.04. The summed E-state index contributed by atoms with van der Waals surface area (Å²) in [7, 11) is 1.62. The first-order valence-corrected chi connectivity index (χ1v) is 6.43. The van der Waals surface area contributed by atoms with Crippen LogP contribution in [0.3, 0.4) is 0 Å². The Bertz CT molecular complexity index is 579. The Labute approximate surface area is 118 Å². The summed E-state index contributed by atoms with van der Waals surface area (Å²) in [5, 5.41) is 2.89. The van der Waals surface area contributed by atoms with E-state index in [-0.39, 0.29) is 5.91 Å². The minimum Gasteiger partial charge on any atom is -0.497 e. The lowest BCUT2D eigenvalue weighted by Gasteiger charge is -2.09. The van der Waals surface area contributed by atoms with Gasteiger partial charge in [-0.2, -0.15) is 0 Å². The van der Waals surface area contributed by atoms with E-state index in [9.17, 15) is 4.79 Å². The molecule has 0 atom stereocenters. The first kappa shape index (κ1) is 14.1. The van der Waals surface area contributed by atoms with Gasteiger partial charge >= 0.3 is 0 Å². The number of benzene rings is 2. The quantitative estimate of drug-likeness (QED) is 0.876. The lowest BCUT2D eigenvalue weighted by atomic mass is 10.1. The number of carbonyl (C=O) groups is 1. The van der Waals surface area contributed by atoms with Crippen LogP contribution in [0, 0.1) is 0 Å². The summed E-state index contributed by atoms with van der Waals surface area (Å²) in [6.45, 7) is 0.402. The van der Waals surface area contributed by atoms with Crippen LogP contribution in [-0.2, 0) is 17.8 Å². The number of hydrogen-bond acceptors (Lipinski definition) is 3. The normalized spacial score (nSPS) is 10.1. The Balaban J connectivity index is 2.01. The second-order valence-electron chi connectivity index (χ2n) is 4.43. The lowest BCUT2D eigenvalue weighted by Crippen LogP contribution is -2.16. The van der Waals surface area contributed by atoms with Gasteiger partial charge in [0.25, 0.3) is 0 Å². The van der Waals surface area contributed by atoms with Gasteiger partial charge in [-0.05, 0) is 29.3 Å². The van der Waals surface area contributed by atoms with E-state index in [0.717, 1.165) is 22.6 Å². The lowest BCUT2D eigenvalue weighted by molar-refractivity contribution is -0.115. The highest BCUT2D eigenvalue weighted by Crippen LogP contribution is 2.15. The average molecular weight is 270 g/mol. The number of para-hydroxylation sites is 1. The minimum absolute atomic E-state index is 0.0592. The molecule has 0 aromatic heterocycles. The van der Waals surface area contributed by atoms with E-state index < -0.39 is 0 Å². The van der Waals surface area contributed by atoms with Gasteiger partial charge in [0.15, 0.2) is 0 Å². The van der Waals surface area contributed by atoms with Crippen LogP contribution < -0.4 is 15.8 Å². The molecule has 0 aliphatic carbocycles. The molecule has 3 N–H and O–H groups in total. The second-order valence-corrected chi connectivity index (χ2v) is 4.43. The number of nitrogens with two attached hydrogens (primary N) is 1. The highest BCUT2D eigenvalue weighted by molar-refractivity contribution is 5.93. The summed E-state index contributed by atoms with van der Waals surface area (Å²) >= 11 is 0. The van der Waals surface area contributed by atoms with Gasteiger partial charge in [0, 0.05) is 12.2 Å². The van der Waals surface area contributed by atoms with E-state index in [1.807, 2.05) is 48.5 Å². The number of methoxy groups -OCH3 is 1. The summed E-state index contributed by atoms with van der Waals surface area (Å²) in [5.74, 6) is 0.721. The maximum atomic E-state index is 12.0. The molecule has 0 fully saturated rings. The smallest absolute Gasteiger partial charge is 0.228 e. The number of anilines is 1. The van der Waals surface area contributed by atoms with Crippen molar-refractivity contribution in [2.24, 2.45) is 5.73 Å². The zero-order chi connectivity index (χ0) is 14.4. The molecular formula is C16H18N2O2. The van der Waals surface area contributed by atoms with Gasteiger partial charge in [0.05, 0.1) is 13.5 Å². The zero-order valence-electron chi connectivity index (χ0n) is 11.4. The van der Waals surface area contributed by atoms with Crippen molar-refractivity contribution in [3.8, 4) is 5.75 Å². The molecule has 20 heavy (non-hydrogen) atoms. The van der Waals surface area contributed by atoms with E-state index in [1.165, 1.54) is 0 Å². The summed E-state index contributed by atoms with van der Waals surface area (Å²) in [4.78, 5) is 12.0. The number of carbonyl (C=O) groups excluding carboxylic acids is 1. The molecule has 0 heterocycles. The van der Waals surface area contributed by atoms with Crippen LogP contribution >= 0.6 is 0 Å². The topological polar surface area (TPSA) is 64.3 Å². The number of hydrogen-bond donors (Lipinski definition) is 2. The first-order chi connectivity index (χ1) is 9.72. The predicted molar refractivity (Wildman–Crippen MR) is 79.7 cm³/mol. The van der Waals surface area contributed by atoms with Crippen molar-refractivity contribution in [2.45, 2.75) is 13.0 Å². The summed E-state index contributed by atoms with van der Waals surface area (Å²) in [6, 6.07) is 15.0. The third kappa shape index (κ3) is 3.59. The van der Waals surface area contributed by atoms with Crippen LogP contribution in [0.2, 0.25) is 0 Å². The maximum Gasteiger partial charge on any atom is 0.228 e. The Morgan fingerprint density at radius 2 is 1.85 bits per heavy atom. The van der Waals surface area contributed by atoms with Gasteiger partial charge in [-0.25, -0.2) is 0 Å².